The van der Waals surface area contributed by atoms with Crippen LogP contribution in [0.15, 0.2) is 5.16 Å². The maximum absolute atomic E-state index is 12.7. The molecule has 0 spiro atoms. The van der Waals surface area contributed by atoms with Gasteiger partial charge < -0.3 is 21.0 Å². The summed E-state index contributed by atoms with van der Waals surface area (Å²) in [4.78, 5) is 12.7. The molecule has 1 rings (SSSR count). The standard InChI is InChI=1S/C14H27N3O3/c1-4-7-14(8-5-2,12(15)17-19)13(18)16-11-6-9-20-10(11)3/h10-11,19H,4-9H2,1-3H3,(H2,15,17)(H,16,18). The summed E-state index contributed by atoms with van der Waals surface area (Å²) in [5, 5.41) is 15.2. The van der Waals surface area contributed by atoms with Crippen LogP contribution < -0.4 is 11.1 Å². The fraction of sp³-hybridized carbons (Fsp3) is 0.857. The monoisotopic (exact) mass is 285 g/mol. The van der Waals surface area contributed by atoms with E-state index in [1.54, 1.807) is 0 Å². The summed E-state index contributed by atoms with van der Waals surface area (Å²) in [5.41, 5.74) is 4.93. The molecular weight excluding hydrogens is 258 g/mol. The molecule has 116 valence electrons. The molecule has 1 fully saturated rings. The minimum atomic E-state index is -0.916. The molecule has 6 nitrogen and oxygen atoms in total. The van der Waals surface area contributed by atoms with Crippen LogP contribution >= 0.6 is 0 Å². The van der Waals surface area contributed by atoms with Crippen LogP contribution in [-0.2, 0) is 9.53 Å². The first-order chi connectivity index (χ1) is 9.51. The lowest BCUT2D eigenvalue weighted by molar-refractivity contribution is -0.129. The molecule has 1 saturated heterocycles. The smallest absolute Gasteiger partial charge is 0.234 e. The van der Waals surface area contributed by atoms with Crippen LogP contribution in [0.1, 0.15) is 52.9 Å². The Morgan fingerprint density at radius 1 is 1.45 bits per heavy atom. The molecule has 1 amide bonds. The molecule has 1 aliphatic rings. The Morgan fingerprint density at radius 3 is 2.45 bits per heavy atom. The van der Waals surface area contributed by atoms with Crippen molar-refractivity contribution < 1.29 is 14.7 Å². The Hall–Kier alpha value is -1.30. The molecule has 0 bridgehead atoms. The van der Waals surface area contributed by atoms with Gasteiger partial charge in [-0.3, -0.25) is 4.79 Å². The van der Waals surface area contributed by atoms with Crippen LogP contribution in [-0.4, -0.2) is 35.7 Å². The summed E-state index contributed by atoms with van der Waals surface area (Å²) in [6, 6.07) is 0.00193. The number of carbonyl (C=O) groups is 1. The van der Waals surface area contributed by atoms with Crippen molar-refractivity contribution in [2.24, 2.45) is 16.3 Å². The lowest BCUT2D eigenvalue weighted by Crippen LogP contribution is -2.53. The Balaban J connectivity index is 2.92. The second-order valence-corrected chi connectivity index (χ2v) is 5.51. The highest BCUT2D eigenvalue weighted by Gasteiger charge is 2.43. The molecular formula is C14H27N3O3. The Kier molecular flexibility index (Phi) is 6.26. The summed E-state index contributed by atoms with van der Waals surface area (Å²) in [5.74, 6) is -0.149. The largest absolute Gasteiger partial charge is 0.409 e. The molecule has 1 aliphatic heterocycles. The van der Waals surface area contributed by atoms with Crippen molar-refractivity contribution in [1.82, 2.24) is 5.32 Å². The molecule has 2 unspecified atom stereocenters. The predicted molar refractivity (Wildman–Crippen MR) is 77.6 cm³/mol. The summed E-state index contributed by atoms with van der Waals surface area (Å²) < 4.78 is 5.46. The molecule has 2 atom stereocenters. The number of oxime groups is 1. The molecule has 0 aliphatic carbocycles. The number of ether oxygens (including phenoxy) is 1. The third-order valence-electron chi connectivity index (χ3n) is 4.08. The summed E-state index contributed by atoms with van der Waals surface area (Å²) in [6.45, 7) is 6.58. The minimum absolute atomic E-state index is 0.00193. The van der Waals surface area contributed by atoms with Gasteiger partial charge in [-0.2, -0.15) is 0 Å². The Bertz CT molecular complexity index is 352. The van der Waals surface area contributed by atoms with Gasteiger partial charge in [-0.25, -0.2) is 0 Å². The number of hydrogen-bond acceptors (Lipinski definition) is 4. The Labute approximate surface area is 120 Å². The van der Waals surface area contributed by atoms with Gasteiger partial charge in [-0.1, -0.05) is 31.8 Å². The summed E-state index contributed by atoms with van der Waals surface area (Å²) in [7, 11) is 0. The normalized spacial score (nSPS) is 23.9. The van der Waals surface area contributed by atoms with Crippen LogP contribution in [0.4, 0.5) is 0 Å². The number of amidine groups is 1. The molecule has 4 N–H and O–H groups in total. The number of carbonyl (C=O) groups excluding carboxylic acids is 1. The van der Waals surface area contributed by atoms with E-state index >= 15 is 0 Å². The van der Waals surface area contributed by atoms with Crippen molar-refractivity contribution in [2.45, 2.75) is 65.0 Å². The third kappa shape index (κ3) is 3.42. The predicted octanol–water partition coefficient (Wildman–Crippen LogP) is 1.61. The fourth-order valence-electron chi connectivity index (χ4n) is 2.90. The number of amides is 1. The average Bonchev–Trinajstić information content (AvgIpc) is 2.82. The van der Waals surface area contributed by atoms with Gasteiger partial charge in [0.1, 0.15) is 5.41 Å². The van der Waals surface area contributed by atoms with Crippen LogP contribution in [0.25, 0.3) is 0 Å². The van der Waals surface area contributed by atoms with E-state index in [0.29, 0.717) is 19.4 Å². The van der Waals surface area contributed by atoms with Crippen molar-refractivity contribution in [1.29, 1.82) is 0 Å². The summed E-state index contributed by atoms with van der Waals surface area (Å²) in [6.07, 6.45) is 3.54. The number of rotatable bonds is 7. The van der Waals surface area contributed by atoms with Crippen LogP contribution in [0.2, 0.25) is 0 Å². The Morgan fingerprint density at radius 2 is 2.05 bits per heavy atom. The molecule has 20 heavy (non-hydrogen) atoms. The maximum Gasteiger partial charge on any atom is 0.234 e. The number of hydrogen-bond donors (Lipinski definition) is 3. The van der Waals surface area contributed by atoms with Gasteiger partial charge in [0.2, 0.25) is 5.91 Å². The SMILES string of the molecule is CCCC(CCC)(C(=O)NC1CCOC1C)C(N)=NO. The molecule has 0 aromatic carbocycles. The highest BCUT2D eigenvalue weighted by Crippen LogP contribution is 2.31. The molecule has 1 heterocycles. The first-order valence-electron chi connectivity index (χ1n) is 7.42. The highest BCUT2D eigenvalue weighted by atomic mass is 16.5. The zero-order chi connectivity index (χ0) is 15.2. The molecule has 6 heteroatoms. The van der Waals surface area contributed by atoms with E-state index in [0.717, 1.165) is 19.3 Å². The highest BCUT2D eigenvalue weighted by molar-refractivity contribution is 6.06. The second-order valence-electron chi connectivity index (χ2n) is 5.51. The first-order valence-corrected chi connectivity index (χ1v) is 7.42. The van der Waals surface area contributed by atoms with Gasteiger partial charge in [0, 0.05) is 6.61 Å². The van der Waals surface area contributed by atoms with E-state index in [1.165, 1.54) is 0 Å². The zero-order valence-electron chi connectivity index (χ0n) is 12.7. The van der Waals surface area contributed by atoms with E-state index in [1.807, 2.05) is 20.8 Å². The third-order valence-corrected chi connectivity index (χ3v) is 4.08. The molecule has 0 radical (unpaired) electrons. The van der Waals surface area contributed by atoms with Gasteiger partial charge in [-0.15, -0.1) is 0 Å². The number of nitrogens with one attached hydrogen (secondary N) is 1. The molecule has 0 aromatic heterocycles. The first kappa shape index (κ1) is 16.8. The van der Waals surface area contributed by atoms with Crippen LogP contribution in [0.3, 0.4) is 0 Å². The van der Waals surface area contributed by atoms with E-state index in [-0.39, 0.29) is 23.9 Å². The van der Waals surface area contributed by atoms with Gasteiger partial charge in [-0.05, 0) is 26.2 Å². The fourth-order valence-corrected chi connectivity index (χ4v) is 2.90. The molecule has 0 aromatic rings. The molecule has 0 saturated carbocycles. The second kappa shape index (κ2) is 7.47. The van der Waals surface area contributed by atoms with E-state index in [2.05, 4.69) is 10.5 Å². The van der Waals surface area contributed by atoms with Gasteiger partial charge in [0.15, 0.2) is 5.84 Å². The van der Waals surface area contributed by atoms with Gasteiger partial charge in [0.05, 0.1) is 12.1 Å². The zero-order valence-corrected chi connectivity index (χ0v) is 12.7. The van der Waals surface area contributed by atoms with Crippen molar-refractivity contribution in [3.05, 3.63) is 0 Å². The number of nitrogens with two attached hydrogens (primary N) is 1. The quantitative estimate of drug-likeness (QED) is 0.286. The summed E-state index contributed by atoms with van der Waals surface area (Å²) >= 11 is 0. The number of nitrogens with zero attached hydrogens (tertiary/aromatic N) is 1. The van der Waals surface area contributed by atoms with Crippen LogP contribution in [0, 0.1) is 5.41 Å². The van der Waals surface area contributed by atoms with E-state index in [4.69, 9.17) is 15.7 Å². The van der Waals surface area contributed by atoms with E-state index in [9.17, 15) is 4.79 Å². The lowest BCUT2D eigenvalue weighted by Gasteiger charge is -2.32. The lowest BCUT2D eigenvalue weighted by atomic mass is 9.77. The van der Waals surface area contributed by atoms with Crippen molar-refractivity contribution in [3.63, 3.8) is 0 Å². The van der Waals surface area contributed by atoms with Crippen molar-refractivity contribution >= 4 is 11.7 Å². The van der Waals surface area contributed by atoms with Crippen LogP contribution in [0.5, 0.6) is 0 Å². The topological polar surface area (TPSA) is 96.9 Å². The average molecular weight is 285 g/mol. The van der Waals surface area contributed by atoms with Crippen molar-refractivity contribution in [3.8, 4) is 0 Å². The van der Waals surface area contributed by atoms with Gasteiger partial charge in [0.25, 0.3) is 0 Å². The van der Waals surface area contributed by atoms with Crippen molar-refractivity contribution in [2.75, 3.05) is 6.61 Å². The minimum Gasteiger partial charge on any atom is -0.409 e. The van der Waals surface area contributed by atoms with Gasteiger partial charge >= 0.3 is 0 Å². The maximum atomic E-state index is 12.7. The van der Waals surface area contributed by atoms with E-state index < -0.39 is 5.41 Å².